The number of carbonyl (C=O) groups is 3. The van der Waals surface area contributed by atoms with Gasteiger partial charge in [-0.3, -0.25) is 14.4 Å². The molecule has 238 valence electrons. The van der Waals surface area contributed by atoms with Gasteiger partial charge in [0.15, 0.2) is 0 Å². The number of carbonyl (C=O) groups excluding carboxylic acids is 3. The summed E-state index contributed by atoms with van der Waals surface area (Å²) < 4.78 is 11.7. The first-order chi connectivity index (χ1) is 20.9. The van der Waals surface area contributed by atoms with Gasteiger partial charge in [0.2, 0.25) is 5.91 Å². The minimum Gasteiger partial charge on any atom is -0.462 e. The van der Waals surface area contributed by atoms with E-state index in [9.17, 15) is 14.4 Å². The fraction of sp³-hybridized carbons (Fsp3) is 0.571. The number of piperidine rings is 1. The first-order valence-electron chi connectivity index (χ1n) is 15.9. The van der Waals surface area contributed by atoms with E-state index in [-0.39, 0.29) is 53.7 Å². The van der Waals surface area contributed by atoms with E-state index >= 15 is 0 Å². The van der Waals surface area contributed by atoms with Crippen molar-refractivity contribution in [3.8, 4) is 5.75 Å². The number of ether oxygens (including phenoxy) is 2. The second kappa shape index (κ2) is 13.8. The molecule has 0 spiro atoms. The largest absolute Gasteiger partial charge is 0.462 e. The number of nitrogens with zero attached hydrogens (tertiary/aromatic N) is 2. The van der Waals surface area contributed by atoms with Crippen LogP contribution in [0.25, 0.3) is 0 Å². The first kappa shape index (κ1) is 32.8. The second-order valence-electron chi connectivity index (χ2n) is 13.4. The number of fused-ring (bicyclic) bond motifs is 1. The standard InChI is InChI=1S/C35H44Cl2N2O5/c1-22(2)19-39(34(42)15-26-10-11-31(36)32(37)14-26)28-17-33(44-24(4)41)30-21-38(20-25-8-9-25)13-12-35(30,18-28)27-6-5-7-29(16-27)43-23(3)40/h5-7,10-11,14,16,22,25,28,30,33H,8-9,12-13,15,17-21H2,1-4H3. The van der Waals surface area contributed by atoms with E-state index in [0.717, 1.165) is 49.5 Å². The number of hydrogen-bond acceptors (Lipinski definition) is 6. The van der Waals surface area contributed by atoms with E-state index in [1.165, 1.54) is 26.7 Å². The summed E-state index contributed by atoms with van der Waals surface area (Å²) in [5.74, 6) is 0.858. The molecule has 4 atom stereocenters. The summed E-state index contributed by atoms with van der Waals surface area (Å²) in [6.45, 7) is 10.5. The Bertz CT molecular complexity index is 1380. The molecule has 0 bridgehead atoms. The van der Waals surface area contributed by atoms with Crippen molar-refractivity contribution in [2.45, 2.75) is 83.8 Å². The summed E-state index contributed by atoms with van der Waals surface area (Å²) in [4.78, 5) is 43.1. The molecule has 5 rings (SSSR count). The highest BCUT2D eigenvalue weighted by atomic mass is 35.5. The van der Waals surface area contributed by atoms with Crippen LogP contribution in [0.3, 0.4) is 0 Å². The van der Waals surface area contributed by atoms with Crippen molar-refractivity contribution in [2.24, 2.45) is 17.8 Å². The molecule has 3 fully saturated rings. The minimum absolute atomic E-state index is 0.0112. The quantitative estimate of drug-likeness (QED) is 0.212. The van der Waals surface area contributed by atoms with Crippen molar-refractivity contribution in [3.63, 3.8) is 0 Å². The van der Waals surface area contributed by atoms with Crippen LogP contribution in [0.4, 0.5) is 0 Å². The number of rotatable bonds is 10. The van der Waals surface area contributed by atoms with Crippen LogP contribution in [0.1, 0.15) is 70.9 Å². The zero-order valence-corrected chi connectivity index (χ0v) is 27.7. The van der Waals surface area contributed by atoms with Gasteiger partial charge in [0.05, 0.1) is 16.5 Å². The van der Waals surface area contributed by atoms with Crippen molar-refractivity contribution in [1.29, 1.82) is 0 Å². The lowest BCUT2D eigenvalue weighted by Gasteiger charge is -2.57. The van der Waals surface area contributed by atoms with Crippen molar-refractivity contribution in [2.75, 3.05) is 26.2 Å². The molecule has 2 aromatic rings. The van der Waals surface area contributed by atoms with Crippen LogP contribution in [-0.2, 0) is 31.0 Å². The summed E-state index contributed by atoms with van der Waals surface area (Å²) in [5.41, 5.74) is 1.49. The maximum Gasteiger partial charge on any atom is 0.308 e. The number of halogens is 2. The van der Waals surface area contributed by atoms with Crippen LogP contribution in [0, 0.1) is 17.8 Å². The van der Waals surface area contributed by atoms with Crippen LogP contribution >= 0.6 is 23.2 Å². The molecule has 7 nitrogen and oxygen atoms in total. The molecule has 0 N–H and O–H groups in total. The number of likely N-dealkylation sites (tertiary alicyclic amines) is 1. The fourth-order valence-corrected chi connectivity index (χ4v) is 7.77. The maximum absolute atomic E-state index is 14.1. The highest BCUT2D eigenvalue weighted by molar-refractivity contribution is 6.42. The summed E-state index contributed by atoms with van der Waals surface area (Å²) in [6.07, 6.45) is 4.56. The zero-order valence-electron chi connectivity index (χ0n) is 26.2. The Labute approximate surface area is 271 Å². The molecular formula is C35H44Cl2N2O5. The van der Waals surface area contributed by atoms with Crippen LogP contribution in [-0.4, -0.2) is 66.0 Å². The summed E-state index contributed by atoms with van der Waals surface area (Å²) in [7, 11) is 0. The Kier molecular flexibility index (Phi) is 10.3. The topological polar surface area (TPSA) is 76.2 Å². The van der Waals surface area contributed by atoms with Crippen molar-refractivity contribution in [1.82, 2.24) is 9.80 Å². The molecule has 2 aliphatic carbocycles. The number of benzene rings is 2. The summed E-state index contributed by atoms with van der Waals surface area (Å²) >= 11 is 12.4. The number of hydrogen-bond donors (Lipinski definition) is 0. The van der Waals surface area contributed by atoms with Gasteiger partial charge < -0.3 is 19.3 Å². The molecule has 3 aliphatic rings. The molecule has 2 saturated carbocycles. The number of amides is 1. The van der Waals surface area contributed by atoms with Crippen LogP contribution in [0.2, 0.25) is 10.0 Å². The van der Waals surface area contributed by atoms with Crippen molar-refractivity contribution in [3.05, 3.63) is 63.6 Å². The lowest BCUT2D eigenvalue weighted by atomic mass is 9.56. The van der Waals surface area contributed by atoms with E-state index in [1.54, 1.807) is 18.2 Å². The molecule has 0 aromatic heterocycles. The molecule has 9 heteroatoms. The molecule has 1 aliphatic heterocycles. The molecule has 2 aromatic carbocycles. The van der Waals surface area contributed by atoms with Gasteiger partial charge in [-0.25, -0.2) is 0 Å². The van der Waals surface area contributed by atoms with Crippen LogP contribution in [0.5, 0.6) is 5.75 Å². The molecule has 1 amide bonds. The third-order valence-corrected chi connectivity index (χ3v) is 10.2. The summed E-state index contributed by atoms with van der Waals surface area (Å²) in [6, 6.07) is 13.0. The van der Waals surface area contributed by atoms with Gasteiger partial charge in [0.1, 0.15) is 11.9 Å². The van der Waals surface area contributed by atoms with Crippen molar-refractivity contribution >= 4 is 41.0 Å². The highest BCUT2D eigenvalue weighted by Gasteiger charge is 2.55. The Balaban J connectivity index is 1.53. The second-order valence-corrected chi connectivity index (χ2v) is 14.3. The zero-order chi connectivity index (χ0) is 31.6. The van der Waals surface area contributed by atoms with E-state index < -0.39 is 0 Å². The predicted octanol–water partition coefficient (Wildman–Crippen LogP) is 6.71. The van der Waals surface area contributed by atoms with E-state index in [0.29, 0.717) is 28.8 Å². The smallest absolute Gasteiger partial charge is 0.308 e. The van der Waals surface area contributed by atoms with E-state index in [2.05, 4.69) is 24.8 Å². The molecule has 1 heterocycles. The molecular weight excluding hydrogens is 599 g/mol. The first-order valence-corrected chi connectivity index (χ1v) is 16.6. The van der Waals surface area contributed by atoms with Crippen LogP contribution in [0.15, 0.2) is 42.5 Å². The maximum atomic E-state index is 14.1. The molecule has 4 unspecified atom stereocenters. The van der Waals surface area contributed by atoms with E-state index in [4.69, 9.17) is 32.7 Å². The van der Waals surface area contributed by atoms with Crippen LogP contribution < -0.4 is 4.74 Å². The molecule has 0 radical (unpaired) electrons. The molecule has 1 saturated heterocycles. The van der Waals surface area contributed by atoms with Gasteiger partial charge in [-0.1, -0.05) is 55.2 Å². The SMILES string of the molecule is CC(=O)Oc1cccc(C23CCN(CC4CC4)CC2C(OC(C)=O)CC(N(CC(C)C)C(=O)Cc2ccc(Cl)c(Cl)c2)C3)c1. The molecule has 44 heavy (non-hydrogen) atoms. The Morgan fingerprint density at radius 2 is 1.82 bits per heavy atom. The van der Waals surface area contributed by atoms with Crippen molar-refractivity contribution < 1.29 is 23.9 Å². The fourth-order valence-electron chi connectivity index (χ4n) is 7.45. The van der Waals surface area contributed by atoms with Gasteiger partial charge >= 0.3 is 11.9 Å². The Hall–Kier alpha value is -2.61. The van der Waals surface area contributed by atoms with Gasteiger partial charge in [0, 0.05) is 57.3 Å². The lowest BCUT2D eigenvalue weighted by Crippen LogP contribution is -2.62. The third-order valence-electron chi connectivity index (χ3n) is 9.46. The Morgan fingerprint density at radius 3 is 2.48 bits per heavy atom. The average Bonchev–Trinajstić information content (AvgIpc) is 3.77. The van der Waals surface area contributed by atoms with Gasteiger partial charge in [-0.15, -0.1) is 0 Å². The highest BCUT2D eigenvalue weighted by Crippen LogP contribution is 2.52. The van der Waals surface area contributed by atoms with Gasteiger partial charge in [0.25, 0.3) is 0 Å². The lowest BCUT2D eigenvalue weighted by molar-refractivity contribution is -0.161. The average molecular weight is 644 g/mol. The summed E-state index contributed by atoms with van der Waals surface area (Å²) in [5, 5.41) is 0.878. The van der Waals surface area contributed by atoms with Gasteiger partial charge in [-0.2, -0.15) is 0 Å². The van der Waals surface area contributed by atoms with Gasteiger partial charge in [-0.05, 0) is 79.5 Å². The van der Waals surface area contributed by atoms with E-state index in [1.807, 2.05) is 23.1 Å². The predicted molar refractivity (Wildman–Crippen MR) is 172 cm³/mol. The Morgan fingerprint density at radius 1 is 1.05 bits per heavy atom. The number of esters is 2. The third kappa shape index (κ3) is 7.78. The minimum atomic E-state index is -0.377. The normalized spacial score (nSPS) is 25.3. The monoisotopic (exact) mass is 642 g/mol.